The molecule has 0 aliphatic carbocycles. The Labute approximate surface area is 201 Å². The molecule has 1 saturated heterocycles. The van der Waals surface area contributed by atoms with Gasteiger partial charge >= 0.3 is 0 Å². The predicted molar refractivity (Wildman–Crippen MR) is 129 cm³/mol. The van der Waals surface area contributed by atoms with E-state index in [9.17, 15) is 13.2 Å². The molecular formula is C22H26N4O6S2. The van der Waals surface area contributed by atoms with E-state index in [1.807, 2.05) is 13.8 Å². The Balaban J connectivity index is 1.45. The van der Waals surface area contributed by atoms with Gasteiger partial charge in [-0.2, -0.15) is 4.31 Å². The number of nitrogens with one attached hydrogen (secondary N) is 2. The molecule has 1 amide bonds. The Morgan fingerprint density at radius 1 is 1.06 bits per heavy atom. The van der Waals surface area contributed by atoms with Crippen LogP contribution in [0.15, 0.2) is 41.3 Å². The van der Waals surface area contributed by atoms with Crippen molar-refractivity contribution < 1.29 is 27.4 Å². The molecule has 0 bridgehead atoms. The van der Waals surface area contributed by atoms with Crippen LogP contribution in [-0.4, -0.2) is 63.1 Å². The highest BCUT2D eigenvalue weighted by molar-refractivity contribution is 7.89. The van der Waals surface area contributed by atoms with E-state index in [2.05, 4.69) is 15.8 Å². The summed E-state index contributed by atoms with van der Waals surface area (Å²) in [4.78, 5) is 17.2. The first-order valence-corrected chi connectivity index (χ1v) is 12.8. The Kier molecular flexibility index (Phi) is 6.94. The minimum Gasteiger partial charge on any atom is -0.495 e. The van der Waals surface area contributed by atoms with Crippen molar-refractivity contribution in [1.82, 2.24) is 14.7 Å². The van der Waals surface area contributed by atoms with Gasteiger partial charge in [-0.25, -0.2) is 13.4 Å². The number of morpholine rings is 1. The van der Waals surface area contributed by atoms with Crippen molar-refractivity contribution in [2.45, 2.75) is 31.0 Å². The van der Waals surface area contributed by atoms with Gasteiger partial charge in [0.15, 0.2) is 0 Å². The van der Waals surface area contributed by atoms with Crippen LogP contribution in [0.2, 0.25) is 0 Å². The van der Waals surface area contributed by atoms with Crippen molar-refractivity contribution in [2.24, 2.45) is 0 Å². The number of fused-ring (bicyclic) bond motifs is 1. The number of ether oxygens (including phenoxy) is 3. The number of amides is 1. The fourth-order valence-electron chi connectivity index (χ4n) is 3.78. The maximum Gasteiger partial charge on any atom is 0.269 e. The molecule has 12 heteroatoms. The minimum atomic E-state index is -3.68. The van der Waals surface area contributed by atoms with Gasteiger partial charge in [0.05, 0.1) is 31.3 Å². The van der Waals surface area contributed by atoms with Crippen LogP contribution in [0.4, 0.5) is 5.13 Å². The quantitative estimate of drug-likeness (QED) is 0.470. The van der Waals surface area contributed by atoms with Gasteiger partial charge in [-0.1, -0.05) is 11.3 Å². The van der Waals surface area contributed by atoms with Crippen molar-refractivity contribution in [1.29, 1.82) is 0 Å². The van der Waals surface area contributed by atoms with Gasteiger partial charge in [-0.15, -0.1) is 0 Å². The van der Waals surface area contributed by atoms with E-state index in [4.69, 9.17) is 14.2 Å². The molecule has 1 aromatic heterocycles. The van der Waals surface area contributed by atoms with Crippen molar-refractivity contribution in [3.63, 3.8) is 0 Å². The maximum atomic E-state index is 13.0. The summed E-state index contributed by atoms with van der Waals surface area (Å²) in [5, 5.41) is 0.445. The Morgan fingerprint density at radius 2 is 1.68 bits per heavy atom. The number of methoxy groups -OCH3 is 2. The van der Waals surface area contributed by atoms with E-state index in [1.165, 1.54) is 39.9 Å². The standard InChI is InChI=1S/C22H26N4O6S2/c1-13-11-26(12-14(2)32-13)34(28,29)16-7-5-15(6-8-16)21(27)24-25-22-23-19-17(30-3)9-10-18(31-4)20(19)33-22/h5-10,13-14H,11-12H2,1-4H3,(H,23,25)(H,24,27)/t13-,14-/m0/s1. The third-order valence-corrected chi connectivity index (χ3v) is 8.16. The number of aromatic nitrogens is 1. The smallest absolute Gasteiger partial charge is 0.269 e. The molecule has 0 spiro atoms. The number of nitrogens with zero attached hydrogens (tertiary/aromatic N) is 2. The number of carbonyl (C=O) groups excluding carboxylic acids is 1. The maximum absolute atomic E-state index is 13.0. The summed E-state index contributed by atoms with van der Waals surface area (Å²) >= 11 is 1.30. The second kappa shape index (κ2) is 9.74. The number of benzene rings is 2. The summed E-state index contributed by atoms with van der Waals surface area (Å²) < 4.78 is 44.5. The van der Waals surface area contributed by atoms with E-state index in [0.717, 1.165) is 4.70 Å². The number of thiazole rings is 1. The normalized spacial score (nSPS) is 19.1. The molecule has 1 aliphatic rings. The van der Waals surface area contributed by atoms with Crippen LogP contribution >= 0.6 is 11.3 Å². The third kappa shape index (κ3) is 4.80. The summed E-state index contributed by atoms with van der Waals surface area (Å²) in [7, 11) is -0.555. The number of hydrogen-bond acceptors (Lipinski definition) is 9. The number of anilines is 1. The molecule has 2 aromatic carbocycles. The fourth-order valence-corrected chi connectivity index (χ4v) is 6.29. The van der Waals surface area contributed by atoms with Gasteiger partial charge in [-0.05, 0) is 50.2 Å². The molecule has 0 unspecified atom stereocenters. The predicted octanol–water partition coefficient (Wildman–Crippen LogP) is 2.87. The average Bonchev–Trinajstić information content (AvgIpc) is 3.25. The second-order valence-corrected chi connectivity index (χ2v) is 10.8. The van der Waals surface area contributed by atoms with E-state index in [0.29, 0.717) is 27.7 Å². The first-order chi connectivity index (χ1) is 16.2. The number of carbonyl (C=O) groups is 1. The Morgan fingerprint density at radius 3 is 2.29 bits per heavy atom. The minimum absolute atomic E-state index is 0.128. The monoisotopic (exact) mass is 506 g/mol. The lowest BCUT2D eigenvalue weighted by atomic mass is 10.2. The molecule has 0 radical (unpaired) electrons. The number of hydrazine groups is 1. The summed E-state index contributed by atoms with van der Waals surface area (Å²) in [6.45, 7) is 4.26. The fraction of sp³-hybridized carbons (Fsp3) is 0.364. The summed E-state index contributed by atoms with van der Waals surface area (Å²) in [5.41, 5.74) is 6.30. The lowest BCUT2D eigenvalue weighted by molar-refractivity contribution is -0.0440. The highest BCUT2D eigenvalue weighted by Crippen LogP contribution is 2.38. The number of sulfonamides is 1. The molecule has 2 heterocycles. The Hall–Kier alpha value is -2.93. The van der Waals surface area contributed by atoms with Gasteiger partial charge < -0.3 is 14.2 Å². The van der Waals surface area contributed by atoms with Gasteiger partial charge in [0.1, 0.15) is 21.7 Å². The van der Waals surface area contributed by atoms with Crippen LogP contribution in [-0.2, 0) is 14.8 Å². The Bertz CT molecular complexity index is 1240. The molecule has 1 aliphatic heterocycles. The summed E-state index contributed by atoms with van der Waals surface area (Å²) in [6, 6.07) is 9.36. The zero-order valence-corrected chi connectivity index (χ0v) is 20.8. The zero-order valence-electron chi connectivity index (χ0n) is 19.2. The number of rotatable bonds is 7. The van der Waals surface area contributed by atoms with E-state index in [-0.39, 0.29) is 30.2 Å². The summed E-state index contributed by atoms with van der Waals surface area (Å²) in [5.74, 6) is 0.802. The number of hydrogen-bond donors (Lipinski definition) is 2. The van der Waals surface area contributed by atoms with E-state index < -0.39 is 15.9 Å². The van der Waals surface area contributed by atoms with Crippen LogP contribution in [0.5, 0.6) is 11.5 Å². The van der Waals surface area contributed by atoms with Crippen LogP contribution in [0, 0.1) is 0 Å². The first-order valence-electron chi connectivity index (χ1n) is 10.6. The van der Waals surface area contributed by atoms with E-state index >= 15 is 0 Å². The van der Waals surface area contributed by atoms with Crippen LogP contribution in [0.1, 0.15) is 24.2 Å². The highest BCUT2D eigenvalue weighted by atomic mass is 32.2. The van der Waals surface area contributed by atoms with Crippen molar-refractivity contribution >= 4 is 42.6 Å². The molecule has 1 fully saturated rings. The van der Waals surface area contributed by atoms with Gasteiger partial charge in [0.2, 0.25) is 15.2 Å². The third-order valence-electron chi connectivity index (χ3n) is 5.33. The van der Waals surface area contributed by atoms with E-state index in [1.54, 1.807) is 26.4 Å². The van der Waals surface area contributed by atoms with Gasteiger partial charge in [-0.3, -0.25) is 15.6 Å². The molecule has 34 heavy (non-hydrogen) atoms. The van der Waals surface area contributed by atoms with Crippen molar-refractivity contribution in [3.05, 3.63) is 42.0 Å². The van der Waals surface area contributed by atoms with Gasteiger partial charge in [0, 0.05) is 18.7 Å². The van der Waals surface area contributed by atoms with Crippen LogP contribution in [0.3, 0.4) is 0 Å². The van der Waals surface area contributed by atoms with Crippen LogP contribution < -0.4 is 20.3 Å². The largest absolute Gasteiger partial charge is 0.495 e. The average molecular weight is 507 g/mol. The lowest BCUT2D eigenvalue weighted by Crippen LogP contribution is -2.48. The van der Waals surface area contributed by atoms with Crippen molar-refractivity contribution in [3.8, 4) is 11.5 Å². The molecule has 10 nitrogen and oxygen atoms in total. The molecule has 0 saturated carbocycles. The molecular weight excluding hydrogens is 480 g/mol. The zero-order chi connectivity index (χ0) is 24.5. The molecule has 4 rings (SSSR count). The molecule has 182 valence electrons. The highest BCUT2D eigenvalue weighted by Gasteiger charge is 2.32. The lowest BCUT2D eigenvalue weighted by Gasteiger charge is -2.34. The first kappa shape index (κ1) is 24.2. The van der Waals surface area contributed by atoms with Crippen molar-refractivity contribution in [2.75, 3.05) is 32.7 Å². The van der Waals surface area contributed by atoms with Gasteiger partial charge in [0.25, 0.3) is 5.91 Å². The molecule has 3 aromatic rings. The molecule has 2 atom stereocenters. The second-order valence-electron chi connectivity index (χ2n) is 7.85. The summed E-state index contributed by atoms with van der Waals surface area (Å²) in [6.07, 6.45) is -0.366. The van der Waals surface area contributed by atoms with Crippen LogP contribution in [0.25, 0.3) is 10.2 Å². The topological polar surface area (TPSA) is 119 Å². The molecule has 2 N–H and O–H groups in total. The SMILES string of the molecule is COc1ccc(OC)c2sc(NNC(=O)c3ccc(S(=O)(=O)N4C[C@H](C)O[C@@H](C)C4)cc3)nc12.